The molecule has 2 N–H and O–H groups in total. The van der Waals surface area contributed by atoms with Crippen LogP contribution in [-0.2, 0) is 28.6 Å². The second-order valence-corrected chi connectivity index (χ2v) is 10.8. The Bertz CT molecular complexity index is 1500. The van der Waals surface area contributed by atoms with Crippen molar-refractivity contribution in [1.82, 2.24) is 0 Å². The third-order valence-corrected chi connectivity index (χ3v) is 7.27. The molecule has 13 heteroatoms. The molecule has 6 nitrogen and oxygen atoms in total. The second-order valence-electron chi connectivity index (χ2n) is 9.40. The fourth-order valence-corrected chi connectivity index (χ4v) is 4.70. The van der Waals surface area contributed by atoms with E-state index in [-0.39, 0.29) is 47.0 Å². The lowest BCUT2D eigenvalue weighted by atomic mass is 9.90. The lowest BCUT2D eigenvalue weighted by molar-refractivity contribution is -0.376. The van der Waals surface area contributed by atoms with Gasteiger partial charge in [0.05, 0.1) is 4.90 Å². The van der Waals surface area contributed by atoms with Crippen LogP contribution in [0.3, 0.4) is 0 Å². The van der Waals surface area contributed by atoms with Gasteiger partial charge in [-0.05, 0) is 78.9 Å². The monoisotopic (exact) mass is 604 g/mol. The first kappa shape index (κ1) is 32.1. The Kier molecular flexibility index (Phi) is 9.26. The average molecular weight is 605 g/mol. The molecule has 0 aromatic heterocycles. The third kappa shape index (κ3) is 7.08. The molecule has 0 heterocycles. The van der Waals surface area contributed by atoms with E-state index in [1.807, 2.05) is 0 Å². The number of halogens is 6. The van der Waals surface area contributed by atoms with E-state index in [0.717, 1.165) is 6.07 Å². The van der Waals surface area contributed by atoms with Crippen LogP contribution in [0.4, 0.5) is 26.3 Å². The number of benzene rings is 3. The smallest absolute Gasteiger partial charge is 0.430 e. The van der Waals surface area contributed by atoms with Crippen LogP contribution in [0.1, 0.15) is 52.4 Å². The van der Waals surface area contributed by atoms with E-state index < -0.39 is 33.6 Å². The molecule has 0 unspecified atom stereocenters. The lowest BCUT2D eigenvalue weighted by Gasteiger charge is -2.33. The van der Waals surface area contributed by atoms with E-state index in [9.17, 15) is 44.7 Å². The first-order chi connectivity index (χ1) is 18.9. The fraction of sp³-hybridized carbons (Fsp3) is 0.321. The van der Waals surface area contributed by atoms with Crippen LogP contribution in [0.25, 0.3) is 0 Å². The van der Waals surface area contributed by atoms with Crippen molar-refractivity contribution in [2.45, 2.75) is 62.4 Å². The molecule has 0 aliphatic carbocycles. The number of aliphatic hydroxyl groups is 1. The molecule has 41 heavy (non-hydrogen) atoms. The fourth-order valence-electron chi connectivity index (χ4n) is 4.22. The van der Waals surface area contributed by atoms with E-state index in [1.54, 1.807) is 13.8 Å². The van der Waals surface area contributed by atoms with Crippen LogP contribution in [0.5, 0.6) is 11.5 Å². The highest BCUT2D eigenvalue weighted by molar-refractivity contribution is 7.85. The van der Waals surface area contributed by atoms with Gasteiger partial charge < -0.3 is 9.84 Å². The van der Waals surface area contributed by atoms with Crippen molar-refractivity contribution >= 4 is 15.9 Å². The van der Waals surface area contributed by atoms with Crippen molar-refractivity contribution in [1.29, 1.82) is 0 Å². The predicted octanol–water partition coefficient (Wildman–Crippen LogP) is 7.11. The molecule has 3 rings (SSSR count). The van der Waals surface area contributed by atoms with E-state index in [4.69, 9.17) is 9.29 Å². The summed E-state index contributed by atoms with van der Waals surface area (Å²) in [4.78, 5) is 12.5. The highest BCUT2D eigenvalue weighted by atomic mass is 32.2. The Morgan fingerprint density at radius 1 is 0.878 bits per heavy atom. The van der Waals surface area contributed by atoms with E-state index in [2.05, 4.69) is 0 Å². The molecule has 0 aliphatic heterocycles. The molecule has 3 aromatic carbocycles. The van der Waals surface area contributed by atoms with E-state index >= 15 is 0 Å². The molecule has 0 spiro atoms. The van der Waals surface area contributed by atoms with Gasteiger partial charge in [-0.25, -0.2) is 0 Å². The van der Waals surface area contributed by atoms with Crippen LogP contribution >= 0.6 is 0 Å². The normalized spacial score (nSPS) is 12.8. The van der Waals surface area contributed by atoms with Gasteiger partial charge in [0.2, 0.25) is 0 Å². The van der Waals surface area contributed by atoms with Crippen LogP contribution in [0.15, 0.2) is 65.6 Å². The van der Waals surface area contributed by atoms with Gasteiger partial charge in [0.15, 0.2) is 5.78 Å². The van der Waals surface area contributed by atoms with Gasteiger partial charge >= 0.3 is 12.4 Å². The maximum Gasteiger partial charge on any atom is 0.430 e. The molecule has 0 amide bonds. The largest absolute Gasteiger partial charge is 0.457 e. The highest BCUT2D eigenvalue weighted by Gasteiger charge is 2.71. The average Bonchev–Trinajstić information content (AvgIpc) is 2.86. The number of aryl methyl sites for hydroxylation is 3. The Morgan fingerprint density at radius 2 is 1.49 bits per heavy atom. The lowest BCUT2D eigenvalue weighted by Crippen LogP contribution is -2.53. The Labute approximate surface area is 232 Å². The molecule has 0 saturated carbocycles. The minimum atomic E-state index is -6.01. The van der Waals surface area contributed by atoms with Crippen LogP contribution in [-0.4, -0.2) is 36.2 Å². The van der Waals surface area contributed by atoms with Crippen molar-refractivity contribution < 1.29 is 54.0 Å². The quantitative estimate of drug-likeness (QED) is 0.145. The van der Waals surface area contributed by atoms with Gasteiger partial charge in [-0.3, -0.25) is 9.35 Å². The third-order valence-electron chi connectivity index (χ3n) is 6.41. The summed E-state index contributed by atoms with van der Waals surface area (Å²) in [5.74, 6) is -0.0523. The van der Waals surface area contributed by atoms with Gasteiger partial charge in [-0.15, -0.1) is 0 Å². The molecule has 3 aromatic rings. The molecular weight excluding hydrogens is 578 g/mol. The minimum Gasteiger partial charge on any atom is -0.457 e. The number of Topliss-reactive ketones (excluding diaryl/α,β-unsaturated/α-hetero) is 1. The van der Waals surface area contributed by atoms with Crippen molar-refractivity contribution in [2.24, 2.45) is 0 Å². The number of carbonyl (C=O) groups is 1. The summed E-state index contributed by atoms with van der Waals surface area (Å²) >= 11 is 0. The summed E-state index contributed by atoms with van der Waals surface area (Å²) in [5, 5.41) is 9.75. The summed E-state index contributed by atoms with van der Waals surface area (Å²) in [5.41, 5.74) is -4.88. The summed E-state index contributed by atoms with van der Waals surface area (Å²) < 4.78 is 117. The van der Waals surface area contributed by atoms with E-state index in [0.29, 0.717) is 35.2 Å². The zero-order chi connectivity index (χ0) is 30.8. The van der Waals surface area contributed by atoms with Crippen molar-refractivity contribution in [3.05, 3.63) is 88.5 Å². The zero-order valence-electron chi connectivity index (χ0n) is 21.8. The van der Waals surface area contributed by atoms with Gasteiger partial charge in [0.25, 0.3) is 15.7 Å². The van der Waals surface area contributed by atoms with Crippen molar-refractivity contribution in [3.8, 4) is 11.5 Å². The number of ketones is 1. The maximum absolute atomic E-state index is 13.3. The number of hydrogen-bond donors (Lipinski definition) is 2. The van der Waals surface area contributed by atoms with Crippen LogP contribution in [0.2, 0.25) is 0 Å². The molecule has 0 aliphatic rings. The zero-order valence-corrected chi connectivity index (χ0v) is 22.6. The maximum atomic E-state index is 13.3. The van der Waals surface area contributed by atoms with Gasteiger partial charge in [-0.1, -0.05) is 31.5 Å². The highest BCUT2D eigenvalue weighted by Crippen LogP contribution is 2.50. The van der Waals surface area contributed by atoms with Crippen molar-refractivity contribution in [2.75, 3.05) is 0 Å². The topological polar surface area (TPSA) is 101 Å². The number of carbonyl (C=O) groups excluding carboxylic acids is 1. The standard InChI is InChI=1S/C28H26F6O6S/c1-3-4-19-16-20(26(36,27(29,30)31)28(32,33)34)8-14-25(19)40-21-9-12-23(17(2)15-21)24(35)13-7-18-5-10-22(11-6-18)41(37,38)39/h5-6,8-12,14-16,36H,3-4,7,13H2,1-2H3,(H,37,38,39). The minimum absolute atomic E-state index is 0.00545. The van der Waals surface area contributed by atoms with Crippen LogP contribution in [0, 0.1) is 6.92 Å². The van der Waals surface area contributed by atoms with Gasteiger partial charge in [0, 0.05) is 17.5 Å². The molecule has 222 valence electrons. The predicted molar refractivity (Wildman–Crippen MR) is 137 cm³/mol. The van der Waals surface area contributed by atoms with Gasteiger partial charge in [0.1, 0.15) is 11.5 Å². The Hall–Kier alpha value is -3.42. The molecule has 0 fully saturated rings. The number of rotatable bonds is 10. The Morgan fingerprint density at radius 3 is 2.00 bits per heavy atom. The Balaban J connectivity index is 1.80. The first-order valence-electron chi connectivity index (χ1n) is 12.3. The summed E-state index contributed by atoms with van der Waals surface area (Å²) in [6.07, 6.45) is -11.2. The molecule has 0 atom stereocenters. The number of alkyl halides is 6. The number of ether oxygens (including phenoxy) is 1. The first-order valence-corrected chi connectivity index (χ1v) is 13.7. The van der Waals surface area contributed by atoms with Crippen LogP contribution < -0.4 is 4.74 Å². The van der Waals surface area contributed by atoms with Crippen molar-refractivity contribution in [3.63, 3.8) is 0 Å². The summed E-state index contributed by atoms with van der Waals surface area (Å²) in [6.45, 7) is 3.30. The summed E-state index contributed by atoms with van der Waals surface area (Å²) in [7, 11) is -4.33. The van der Waals surface area contributed by atoms with E-state index in [1.165, 1.54) is 42.5 Å². The molecule has 0 radical (unpaired) electrons. The summed E-state index contributed by atoms with van der Waals surface area (Å²) in [6, 6.07) is 11.9. The number of hydrogen-bond acceptors (Lipinski definition) is 5. The molecular formula is C28H26F6O6S. The molecule has 0 saturated heterocycles. The second kappa shape index (κ2) is 11.8. The van der Waals surface area contributed by atoms with Gasteiger partial charge in [-0.2, -0.15) is 34.8 Å². The molecule has 0 bridgehead atoms. The SMILES string of the molecule is CCCc1cc(C(O)(C(F)(F)F)C(F)(F)F)ccc1Oc1ccc(C(=O)CCc2ccc(S(=O)(=O)O)cc2)c(C)c1.